The number of carbonyl (C=O) groups is 1. The average molecular weight is 232 g/mol. The fraction of sp³-hybridized carbons (Fsp3) is 0.0833. The van der Waals surface area contributed by atoms with Crippen LogP contribution in [0.4, 0.5) is 5.69 Å². The summed E-state index contributed by atoms with van der Waals surface area (Å²) in [6.45, 7) is 0.752. The fourth-order valence-electron chi connectivity index (χ4n) is 1.33. The van der Waals surface area contributed by atoms with Crippen LogP contribution in [0, 0.1) is 0 Å². The summed E-state index contributed by atoms with van der Waals surface area (Å²) in [5.74, 6) is -1.15. The van der Waals surface area contributed by atoms with Crippen molar-refractivity contribution >= 4 is 23.0 Å². The van der Waals surface area contributed by atoms with Crippen molar-refractivity contribution in [3.8, 4) is 0 Å². The summed E-state index contributed by atoms with van der Waals surface area (Å²) in [5.41, 5.74) is 1.10. The summed E-state index contributed by atoms with van der Waals surface area (Å²) >= 11 is 1.68. The van der Waals surface area contributed by atoms with E-state index < -0.39 is 5.97 Å². The Kier molecular flexibility index (Phi) is 3.22. The lowest BCUT2D eigenvalue weighted by molar-refractivity contribution is -0.255. The molecule has 1 aromatic heterocycles. The molecule has 0 saturated carbocycles. The topological polar surface area (TPSA) is 52.2 Å². The van der Waals surface area contributed by atoms with Crippen LogP contribution in [-0.2, 0) is 6.54 Å². The molecule has 0 aliphatic heterocycles. The Bertz CT molecular complexity index is 462. The van der Waals surface area contributed by atoms with Crippen molar-refractivity contribution < 1.29 is 9.90 Å². The van der Waals surface area contributed by atoms with Crippen LogP contribution >= 0.6 is 11.3 Å². The van der Waals surface area contributed by atoms with E-state index in [4.69, 9.17) is 0 Å². The van der Waals surface area contributed by atoms with E-state index in [2.05, 4.69) is 5.32 Å². The predicted molar refractivity (Wildman–Crippen MR) is 62.4 cm³/mol. The number of hydrogen-bond acceptors (Lipinski definition) is 4. The van der Waals surface area contributed by atoms with E-state index in [1.165, 1.54) is 17.0 Å². The molecule has 2 rings (SSSR count). The van der Waals surface area contributed by atoms with Gasteiger partial charge < -0.3 is 15.2 Å². The van der Waals surface area contributed by atoms with Gasteiger partial charge in [-0.25, -0.2) is 0 Å². The van der Waals surface area contributed by atoms with Crippen molar-refractivity contribution in [2.45, 2.75) is 6.54 Å². The summed E-state index contributed by atoms with van der Waals surface area (Å²) in [6, 6.07) is 10.6. The molecule has 1 heterocycles. The summed E-state index contributed by atoms with van der Waals surface area (Å²) in [6.07, 6.45) is 0. The minimum Gasteiger partial charge on any atom is -0.545 e. The van der Waals surface area contributed by atoms with E-state index in [0.29, 0.717) is 0 Å². The van der Waals surface area contributed by atoms with Crippen molar-refractivity contribution in [3.05, 3.63) is 52.2 Å². The minimum atomic E-state index is -1.15. The number of hydrogen-bond donors (Lipinski definition) is 1. The van der Waals surface area contributed by atoms with E-state index in [1.54, 1.807) is 23.5 Å². The van der Waals surface area contributed by atoms with Gasteiger partial charge in [-0.2, -0.15) is 0 Å². The van der Waals surface area contributed by atoms with E-state index in [9.17, 15) is 9.90 Å². The first-order chi connectivity index (χ1) is 7.75. The second-order valence-electron chi connectivity index (χ2n) is 3.30. The van der Waals surface area contributed by atoms with Gasteiger partial charge in [0, 0.05) is 17.1 Å². The molecule has 0 bridgehead atoms. The molecule has 0 atom stereocenters. The highest BCUT2D eigenvalue weighted by atomic mass is 32.1. The highest BCUT2D eigenvalue weighted by Crippen LogP contribution is 2.13. The average Bonchev–Trinajstić information content (AvgIpc) is 2.80. The molecule has 0 aliphatic rings. The Balaban J connectivity index is 1.98. The van der Waals surface area contributed by atoms with Gasteiger partial charge in [0.2, 0.25) is 0 Å². The molecular weight excluding hydrogens is 222 g/mol. The van der Waals surface area contributed by atoms with Crippen LogP contribution in [0.1, 0.15) is 15.2 Å². The van der Waals surface area contributed by atoms with Gasteiger partial charge in [-0.05, 0) is 29.1 Å². The van der Waals surface area contributed by atoms with Gasteiger partial charge in [-0.1, -0.05) is 18.2 Å². The first-order valence-corrected chi connectivity index (χ1v) is 5.71. The molecule has 0 aliphatic carbocycles. The largest absolute Gasteiger partial charge is 0.545 e. The monoisotopic (exact) mass is 232 g/mol. The Hall–Kier alpha value is -1.81. The molecule has 82 valence electrons. The SMILES string of the molecule is O=C([O-])c1ccc(NCc2cccs2)cc1. The van der Waals surface area contributed by atoms with E-state index in [-0.39, 0.29) is 5.56 Å². The molecule has 0 fully saturated rings. The van der Waals surface area contributed by atoms with Crippen LogP contribution in [0.3, 0.4) is 0 Å². The third kappa shape index (κ3) is 2.61. The van der Waals surface area contributed by atoms with Crippen molar-refractivity contribution in [1.82, 2.24) is 0 Å². The van der Waals surface area contributed by atoms with E-state index in [1.807, 2.05) is 17.5 Å². The smallest absolute Gasteiger partial charge is 0.0715 e. The van der Waals surface area contributed by atoms with Crippen molar-refractivity contribution in [2.75, 3.05) is 5.32 Å². The van der Waals surface area contributed by atoms with Gasteiger partial charge in [0.15, 0.2) is 0 Å². The molecule has 3 nitrogen and oxygen atoms in total. The Morgan fingerprint density at radius 3 is 2.56 bits per heavy atom. The Morgan fingerprint density at radius 1 is 1.25 bits per heavy atom. The second-order valence-corrected chi connectivity index (χ2v) is 4.33. The first-order valence-electron chi connectivity index (χ1n) is 4.83. The molecular formula is C12H10NO2S-. The summed E-state index contributed by atoms with van der Waals surface area (Å²) in [4.78, 5) is 11.8. The van der Waals surface area contributed by atoms with Crippen LogP contribution in [0.2, 0.25) is 0 Å². The van der Waals surface area contributed by atoms with E-state index in [0.717, 1.165) is 12.2 Å². The molecule has 0 saturated heterocycles. The van der Waals surface area contributed by atoms with Crippen LogP contribution in [0.15, 0.2) is 41.8 Å². The lowest BCUT2D eigenvalue weighted by atomic mass is 10.2. The number of anilines is 1. The number of aromatic carboxylic acids is 1. The van der Waals surface area contributed by atoms with Gasteiger partial charge >= 0.3 is 0 Å². The number of benzene rings is 1. The van der Waals surface area contributed by atoms with Crippen LogP contribution in [0.25, 0.3) is 0 Å². The van der Waals surface area contributed by atoms with Gasteiger partial charge in [0.05, 0.1) is 5.97 Å². The summed E-state index contributed by atoms with van der Waals surface area (Å²) in [5, 5.41) is 15.8. The molecule has 4 heteroatoms. The van der Waals surface area contributed by atoms with Crippen LogP contribution < -0.4 is 10.4 Å². The minimum absolute atomic E-state index is 0.196. The highest BCUT2D eigenvalue weighted by molar-refractivity contribution is 7.09. The zero-order valence-corrected chi connectivity index (χ0v) is 9.29. The number of carboxylic acids is 1. The van der Waals surface area contributed by atoms with Gasteiger partial charge in [-0.3, -0.25) is 0 Å². The number of thiophene rings is 1. The zero-order valence-electron chi connectivity index (χ0n) is 8.47. The summed E-state index contributed by atoms with van der Waals surface area (Å²) < 4.78 is 0. The maximum atomic E-state index is 10.5. The molecule has 0 unspecified atom stereocenters. The predicted octanol–water partition coefficient (Wildman–Crippen LogP) is 1.72. The molecule has 2 aromatic rings. The second kappa shape index (κ2) is 4.81. The van der Waals surface area contributed by atoms with Crippen molar-refractivity contribution in [3.63, 3.8) is 0 Å². The molecule has 1 N–H and O–H groups in total. The number of rotatable bonds is 4. The van der Waals surface area contributed by atoms with Crippen LogP contribution in [0.5, 0.6) is 0 Å². The zero-order chi connectivity index (χ0) is 11.4. The lowest BCUT2D eigenvalue weighted by Crippen LogP contribution is -2.21. The Morgan fingerprint density at radius 2 is 2.00 bits per heavy atom. The molecule has 1 aromatic carbocycles. The molecule has 16 heavy (non-hydrogen) atoms. The maximum absolute atomic E-state index is 10.5. The van der Waals surface area contributed by atoms with E-state index >= 15 is 0 Å². The third-order valence-electron chi connectivity index (χ3n) is 2.17. The molecule has 0 amide bonds. The fourth-order valence-corrected chi connectivity index (χ4v) is 1.97. The van der Waals surface area contributed by atoms with Crippen LogP contribution in [-0.4, -0.2) is 5.97 Å². The third-order valence-corrected chi connectivity index (χ3v) is 3.04. The van der Waals surface area contributed by atoms with Crippen molar-refractivity contribution in [1.29, 1.82) is 0 Å². The van der Waals surface area contributed by atoms with Gasteiger partial charge in [-0.15, -0.1) is 11.3 Å². The highest BCUT2D eigenvalue weighted by Gasteiger charge is 1.96. The summed E-state index contributed by atoms with van der Waals surface area (Å²) in [7, 11) is 0. The van der Waals surface area contributed by atoms with Gasteiger partial charge in [0.1, 0.15) is 0 Å². The lowest BCUT2D eigenvalue weighted by Gasteiger charge is -2.06. The normalized spacial score (nSPS) is 10.0. The van der Waals surface area contributed by atoms with Crippen molar-refractivity contribution in [2.24, 2.45) is 0 Å². The maximum Gasteiger partial charge on any atom is 0.0715 e. The molecule has 0 radical (unpaired) electrons. The molecule has 0 spiro atoms. The number of carbonyl (C=O) groups excluding carboxylic acids is 1. The standard InChI is InChI=1S/C12H11NO2S/c14-12(15)9-3-5-10(6-4-9)13-8-11-2-1-7-16-11/h1-7,13H,8H2,(H,14,15)/p-1. The number of carboxylic acid groups (broad SMARTS) is 1. The van der Waals surface area contributed by atoms with Gasteiger partial charge in [0.25, 0.3) is 0 Å². The number of nitrogens with one attached hydrogen (secondary N) is 1. The Labute approximate surface area is 97.4 Å². The first kappa shape index (κ1) is 10.7. The quantitative estimate of drug-likeness (QED) is 0.873.